The molecule has 0 fully saturated rings. The lowest BCUT2D eigenvalue weighted by Crippen LogP contribution is -2.43. The molecule has 4 heteroatoms. The zero-order valence-electron chi connectivity index (χ0n) is 14.8. The van der Waals surface area contributed by atoms with Crippen molar-refractivity contribution in [2.24, 2.45) is 0 Å². The minimum Gasteiger partial charge on any atom is -0.541 e. The van der Waals surface area contributed by atoms with Crippen molar-refractivity contribution in [1.29, 1.82) is 0 Å². The Morgan fingerprint density at radius 3 is 2.41 bits per heavy atom. The normalized spacial score (nSPS) is 12.7. The van der Waals surface area contributed by atoms with Gasteiger partial charge in [-0.1, -0.05) is 39.0 Å². The van der Waals surface area contributed by atoms with Gasteiger partial charge in [0.2, 0.25) is 0 Å². The molecular weight excluding hydrogens is 292 g/mol. The van der Waals surface area contributed by atoms with Crippen molar-refractivity contribution in [3.05, 3.63) is 29.8 Å². The van der Waals surface area contributed by atoms with E-state index >= 15 is 0 Å². The third kappa shape index (κ3) is 5.18. The lowest BCUT2D eigenvalue weighted by Gasteiger charge is -2.36. The molecule has 0 radical (unpaired) electrons. The third-order valence-electron chi connectivity index (χ3n) is 4.20. The van der Waals surface area contributed by atoms with E-state index in [9.17, 15) is 0 Å². The zero-order chi connectivity index (χ0) is 16.8. The Labute approximate surface area is 136 Å². The molecule has 0 aliphatic rings. The smallest absolute Gasteiger partial charge is 0.250 e. The number of hydrogen-bond donors (Lipinski definition) is 1. The van der Waals surface area contributed by atoms with E-state index < -0.39 is 8.32 Å². The van der Waals surface area contributed by atoms with Crippen molar-refractivity contribution in [1.82, 2.24) is 0 Å². The fourth-order valence-electron chi connectivity index (χ4n) is 1.73. The van der Waals surface area contributed by atoms with Crippen LogP contribution in [0.25, 0.3) is 6.08 Å². The van der Waals surface area contributed by atoms with Crippen molar-refractivity contribution in [2.45, 2.75) is 51.7 Å². The maximum absolute atomic E-state index is 8.79. The first-order valence-electron chi connectivity index (χ1n) is 7.86. The average Bonchev–Trinajstić information content (AvgIpc) is 2.43. The highest BCUT2D eigenvalue weighted by molar-refractivity contribution is 6.74. The van der Waals surface area contributed by atoms with Gasteiger partial charge >= 0.3 is 0 Å². The van der Waals surface area contributed by atoms with Crippen LogP contribution in [-0.4, -0.2) is 27.1 Å². The second-order valence-electron chi connectivity index (χ2n) is 7.04. The van der Waals surface area contributed by atoms with Gasteiger partial charge < -0.3 is 14.3 Å². The van der Waals surface area contributed by atoms with Crippen LogP contribution in [-0.2, 0) is 0 Å². The molecule has 0 unspecified atom stereocenters. The second kappa shape index (κ2) is 7.84. The average molecular weight is 323 g/mol. The molecular formula is C18H30O3Si. The van der Waals surface area contributed by atoms with Gasteiger partial charge in [0.05, 0.1) is 7.11 Å². The van der Waals surface area contributed by atoms with Gasteiger partial charge in [0, 0.05) is 6.61 Å². The Bertz CT molecular complexity index is 502. The molecule has 0 aromatic heterocycles. The molecule has 0 aliphatic heterocycles. The number of ether oxygens (including phenoxy) is 1. The molecule has 3 nitrogen and oxygen atoms in total. The summed E-state index contributed by atoms with van der Waals surface area (Å²) in [5.74, 6) is 1.59. The summed E-state index contributed by atoms with van der Waals surface area (Å²) in [7, 11) is -0.199. The first-order chi connectivity index (χ1) is 10.2. The Morgan fingerprint density at radius 1 is 1.18 bits per heavy atom. The van der Waals surface area contributed by atoms with E-state index in [1.165, 1.54) is 0 Å². The van der Waals surface area contributed by atoms with E-state index in [1.54, 1.807) is 7.11 Å². The van der Waals surface area contributed by atoms with Crippen LogP contribution in [0.3, 0.4) is 0 Å². The maximum Gasteiger partial charge on any atom is 0.250 e. The molecule has 0 spiro atoms. The fourth-order valence-corrected chi connectivity index (χ4v) is 2.75. The molecule has 0 saturated carbocycles. The topological polar surface area (TPSA) is 38.7 Å². The Balaban J connectivity index is 2.92. The first kappa shape index (κ1) is 18.8. The second-order valence-corrected chi connectivity index (χ2v) is 11.8. The van der Waals surface area contributed by atoms with Crippen LogP contribution < -0.4 is 9.16 Å². The highest BCUT2D eigenvalue weighted by Crippen LogP contribution is 2.40. The highest BCUT2D eigenvalue weighted by atomic mass is 28.4. The molecule has 1 aromatic carbocycles. The summed E-state index contributed by atoms with van der Waals surface area (Å²) in [6.07, 6.45) is 5.79. The van der Waals surface area contributed by atoms with Gasteiger partial charge in [0.25, 0.3) is 8.32 Å². The van der Waals surface area contributed by atoms with Crippen LogP contribution in [0.1, 0.15) is 39.2 Å². The third-order valence-corrected chi connectivity index (χ3v) is 8.54. The molecule has 0 saturated heterocycles. The van der Waals surface area contributed by atoms with Gasteiger partial charge in [-0.2, -0.15) is 0 Å². The van der Waals surface area contributed by atoms with Crippen LogP contribution >= 0.6 is 0 Å². The highest BCUT2D eigenvalue weighted by Gasteiger charge is 2.39. The fraction of sp³-hybridized carbons (Fsp3) is 0.556. The van der Waals surface area contributed by atoms with Crippen LogP contribution in [0, 0.1) is 0 Å². The molecule has 0 bridgehead atoms. The van der Waals surface area contributed by atoms with Gasteiger partial charge in [-0.15, -0.1) is 0 Å². The lowest BCUT2D eigenvalue weighted by atomic mass is 10.1. The molecule has 0 amide bonds. The summed E-state index contributed by atoms with van der Waals surface area (Å²) >= 11 is 0. The molecule has 1 N–H and O–H groups in total. The standard InChI is InChI=1S/C18H30O3Si/c1-18(2,3)22(5,6)21-16-12-11-15(14-17(16)20-4)10-8-7-9-13-19/h8,10-12,14,19H,7,9,13H2,1-6H3. The van der Waals surface area contributed by atoms with Crippen molar-refractivity contribution in [3.63, 3.8) is 0 Å². The summed E-state index contributed by atoms with van der Waals surface area (Å²) < 4.78 is 11.8. The van der Waals surface area contributed by atoms with Gasteiger partial charge in [0.1, 0.15) is 5.75 Å². The number of unbranched alkanes of at least 4 members (excludes halogenated alkanes) is 1. The Morgan fingerprint density at radius 2 is 1.86 bits per heavy atom. The number of aliphatic hydroxyl groups is 1. The summed E-state index contributed by atoms with van der Waals surface area (Å²) in [6.45, 7) is 11.4. The number of rotatable bonds is 7. The van der Waals surface area contributed by atoms with Gasteiger partial charge in [-0.3, -0.25) is 0 Å². The van der Waals surface area contributed by atoms with Crippen molar-refractivity contribution in [2.75, 3.05) is 13.7 Å². The van der Waals surface area contributed by atoms with E-state index in [0.717, 1.165) is 29.9 Å². The number of methoxy groups -OCH3 is 1. The van der Waals surface area contributed by atoms with Crippen molar-refractivity contribution >= 4 is 14.4 Å². The van der Waals surface area contributed by atoms with Gasteiger partial charge in [0.15, 0.2) is 5.75 Å². The molecule has 124 valence electrons. The van der Waals surface area contributed by atoms with Crippen molar-refractivity contribution in [3.8, 4) is 11.5 Å². The predicted octanol–water partition coefficient (Wildman–Crippen LogP) is 4.86. The minimum absolute atomic E-state index is 0.154. The summed E-state index contributed by atoms with van der Waals surface area (Å²) in [4.78, 5) is 0. The van der Waals surface area contributed by atoms with Crippen molar-refractivity contribution < 1.29 is 14.3 Å². The molecule has 1 rings (SSSR count). The number of hydrogen-bond acceptors (Lipinski definition) is 3. The van der Waals surface area contributed by atoms with Gasteiger partial charge in [-0.25, -0.2) is 0 Å². The van der Waals surface area contributed by atoms with Crippen LogP contribution in [0.2, 0.25) is 18.1 Å². The minimum atomic E-state index is -1.87. The lowest BCUT2D eigenvalue weighted by molar-refractivity contribution is 0.290. The Hall–Kier alpha value is -1.26. The molecule has 1 aromatic rings. The SMILES string of the molecule is COc1cc(C=CCCCO)ccc1O[Si](C)(C)C(C)(C)C. The summed E-state index contributed by atoms with van der Waals surface area (Å²) in [5.41, 5.74) is 1.08. The monoisotopic (exact) mass is 322 g/mol. The number of benzene rings is 1. The summed E-state index contributed by atoms with van der Waals surface area (Å²) in [5, 5.41) is 8.94. The predicted molar refractivity (Wildman–Crippen MR) is 96.2 cm³/mol. The molecule has 0 heterocycles. The molecule has 0 atom stereocenters. The van der Waals surface area contributed by atoms with E-state index in [1.807, 2.05) is 24.3 Å². The molecule has 0 aliphatic carbocycles. The molecule has 22 heavy (non-hydrogen) atoms. The van der Waals surface area contributed by atoms with Crippen LogP contribution in [0.4, 0.5) is 0 Å². The van der Waals surface area contributed by atoms with Crippen LogP contribution in [0.5, 0.6) is 11.5 Å². The van der Waals surface area contributed by atoms with E-state index in [4.69, 9.17) is 14.3 Å². The van der Waals surface area contributed by atoms with Crippen LogP contribution in [0.15, 0.2) is 24.3 Å². The largest absolute Gasteiger partial charge is 0.541 e. The first-order valence-corrected chi connectivity index (χ1v) is 10.8. The zero-order valence-corrected chi connectivity index (χ0v) is 15.8. The van der Waals surface area contributed by atoms with Gasteiger partial charge in [-0.05, 0) is 48.7 Å². The van der Waals surface area contributed by atoms with E-state index in [0.29, 0.717) is 0 Å². The quantitative estimate of drug-likeness (QED) is 0.575. The maximum atomic E-state index is 8.79. The Kier molecular flexibility index (Phi) is 6.69. The summed E-state index contributed by atoms with van der Waals surface area (Å²) in [6, 6.07) is 6.03. The number of allylic oxidation sites excluding steroid dienone is 1. The number of aliphatic hydroxyl groups excluding tert-OH is 1. The van der Waals surface area contributed by atoms with E-state index in [-0.39, 0.29) is 11.6 Å². The van der Waals surface area contributed by atoms with E-state index in [2.05, 4.69) is 39.9 Å².